The Labute approximate surface area is 155 Å². The fourth-order valence-corrected chi connectivity index (χ4v) is 5.17. The number of phenolic OH excluding ortho intramolecular Hbond substituents is 1. The quantitative estimate of drug-likeness (QED) is 0.818. The average molecular weight is 358 g/mol. The fourth-order valence-electron chi connectivity index (χ4n) is 5.17. The molecule has 1 aromatic rings. The molecule has 4 heteroatoms. The van der Waals surface area contributed by atoms with E-state index in [9.17, 15) is 14.7 Å². The molecule has 1 aliphatic heterocycles. The normalized spacial score (nSPS) is 27.3. The van der Waals surface area contributed by atoms with Crippen LogP contribution in [0.5, 0.6) is 11.5 Å². The highest BCUT2D eigenvalue weighted by Gasteiger charge is 2.58. The lowest BCUT2D eigenvalue weighted by atomic mass is 9.51. The Morgan fingerprint density at radius 2 is 2.04 bits per heavy atom. The van der Waals surface area contributed by atoms with Gasteiger partial charge in [0.15, 0.2) is 17.3 Å². The highest BCUT2D eigenvalue weighted by Crippen LogP contribution is 2.58. The Bertz CT molecular complexity index is 747. The van der Waals surface area contributed by atoms with Crippen molar-refractivity contribution in [1.29, 1.82) is 0 Å². The summed E-state index contributed by atoms with van der Waals surface area (Å²) in [5.41, 5.74) is 1.47. The molecule has 0 bridgehead atoms. The minimum absolute atomic E-state index is 0.0266. The second-order valence-electron chi connectivity index (χ2n) is 8.82. The van der Waals surface area contributed by atoms with Crippen LogP contribution in [0.15, 0.2) is 6.07 Å². The predicted molar refractivity (Wildman–Crippen MR) is 101 cm³/mol. The third-order valence-corrected chi connectivity index (χ3v) is 6.56. The number of hydrogen-bond acceptors (Lipinski definition) is 4. The largest absolute Gasteiger partial charge is 0.504 e. The number of fused-ring (bicyclic) bond motifs is 2. The van der Waals surface area contributed by atoms with E-state index in [1.165, 1.54) is 0 Å². The van der Waals surface area contributed by atoms with Crippen LogP contribution in [0.2, 0.25) is 0 Å². The molecular formula is C22H30O4. The number of carbonyl (C=O) groups is 2. The number of aryl methyl sites for hydroxylation is 1. The Morgan fingerprint density at radius 3 is 2.62 bits per heavy atom. The van der Waals surface area contributed by atoms with Gasteiger partial charge in [-0.3, -0.25) is 4.79 Å². The number of benzene rings is 1. The first kappa shape index (κ1) is 18.9. The van der Waals surface area contributed by atoms with Crippen molar-refractivity contribution in [2.45, 2.75) is 71.6 Å². The molecule has 2 atom stereocenters. The highest BCUT2D eigenvalue weighted by atomic mass is 16.5. The Balaban J connectivity index is 2.36. The lowest BCUT2D eigenvalue weighted by Gasteiger charge is -2.51. The van der Waals surface area contributed by atoms with E-state index in [0.29, 0.717) is 12.2 Å². The maximum atomic E-state index is 13.2. The van der Waals surface area contributed by atoms with E-state index >= 15 is 0 Å². The van der Waals surface area contributed by atoms with Crippen LogP contribution in [-0.2, 0) is 21.4 Å². The Hall–Kier alpha value is -1.84. The van der Waals surface area contributed by atoms with E-state index in [1.807, 2.05) is 26.8 Å². The molecule has 1 saturated carbocycles. The molecule has 1 fully saturated rings. The number of Topliss-reactive ketones (excluding diaryl/α,β-unsaturated/α-hetero) is 1. The lowest BCUT2D eigenvalue weighted by molar-refractivity contribution is -0.140. The van der Waals surface area contributed by atoms with Crippen LogP contribution in [0.4, 0.5) is 0 Å². The van der Waals surface area contributed by atoms with Crippen molar-refractivity contribution in [2.24, 2.45) is 11.3 Å². The van der Waals surface area contributed by atoms with Crippen molar-refractivity contribution >= 4 is 12.1 Å². The summed E-state index contributed by atoms with van der Waals surface area (Å²) in [6.45, 7) is 10.2. The zero-order valence-corrected chi connectivity index (χ0v) is 16.5. The zero-order chi connectivity index (χ0) is 19.3. The van der Waals surface area contributed by atoms with Crippen molar-refractivity contribution in [2.75, 3.05) is 6.61 Å². The molecule has 142 valence electrons. The molecule has 1 heterocycles. The van der Waals surface area contributed by atoms with Gasteiger partial charge in [-0.1, -0.05) is 47.1 Å². The molecule has 0 unspecified atom stereocenters. The topological polar surface area (TPSA) is 63.6 Å². The number of phenols is 1. The summed E-state index contributed by atoms with van der Waals surface area (Å²) in [4.78, 5) is 25.4. The van der Waals surface area contributed by atoms with Gasteiger partial charge in [-0.15, -0.1) is 0 Å². The summed E-state index contributed by atoms with van der Waals surface area (Å²) in [7, 11) is 0. The summed E-state index contributed by atoms with van der Waals surface area (Å²) >= 11 is 0. The highest BCUT2D eigenvalue weighted by molar-refractivity contribution is 5.97. The molecule has 0 radical (unpaired) electrons. The summed E-state index contributed by atoms with van der Waals surface area (Å²) in [5, 5.41) is 10.9. The molecule has 26 heavy (non-hydrogen) atoms. The number of hydrogen-bond donors (Lipinski definition) is 1. The molecular weight excluding hydrogens is 328 g/mol. The van der Waals surface area contributed by atoms with Gasteiger partial charge in [0.2, 0.25) is 0 Å². The van der Waals surface area contributed by atoms with Crippen LogP contribution in [0.1, 0.15) is 76.5 Å². The van der Waals surface area contributed by atoms with E-state index in [0.717, 1.165) is 42.2 Å². The van der Waals surface area contributed by atoms with Gasteiger partial charge in [-0.25, -0.2) is 0 Å². The van der Waals surface area contributed by atoms with Gasteiger partial charge in [0, 0.05) is 17.0 Å². The van der Waals surface area contributed by atoms with E-state index in [4.69, 9.17) is 4.74 Å². The Morgan fingerprint density at radius 1 is 1.35 bits per heavy atom. The van der Waals surface area contributed by atoms with Gasteiger partial charge in [-0.2, -0.15) is 0 Å². The number of carbonyl (C=O) groups excluding carboxylic acids is 2. The van der Waals surface area contributed by atoms with Gasteiger partial charge < -0.3 is 14.6 Å². The van der Waals surface area contributed by atoms with Crippen molar-refractivity contribution in [3.8, 4) is 11.5 Å². The van der Waals surface area contributed by atoms with E-state index in [-0.39, 0.29) is 29.5 Å². The number of ketones is 1. The van der Waals surface area contributed by atoms with Crippen LogP contribution >= 0.6 is 0 Å². The predicted octanol–water partition coefficient (Wildman–Crippen LogP) is 4.30. The monoisotopic (exact) mass is 358 g/mol. The summed E-state index contributed by atoms with van der Waals surface area (Å²) in [6.07, 6.45) is 4.14. The maximum Gasteiger partial charge on any atom is 0.181 e. The van der Waals surface area contributed by atoms with Crippen LogP contribution in [0, 0.1) is 11.3 Å². The Kier molecular flexibility index (Phi) is 4.66. The van der Waals surface area contributed by atoms with Crippen molar-refractivity contribution in [3.63, 3.8) is 0 Å². The summed E-state index contributed by atoms with van der Waals surface area (Å²) in [6, 6.07) is 2.01. The van der Waals surface area contributed by atoms with Crippen LogP contribution < -0.4 is 4.74 Å². The van der Waals surface area contributed by atoms with Crippen LogP contribution in [0.3, 0.4) is 0 Å². The maximum absolute atomic E-state index is 13.2. The molecule has 1 N–H and O–H groups in total. The minimum atomic E-state index is -0.880. The van der Waals surface area contributed by atoms with E-state index < -0.39 is 11.3 Å². The molecule has 0 saturated heterocycles. The van der Waals surface area contributed by atoms with E-state index in [2.05, 4.69) is 13.8 Å². The second-order valence-corrected chi connectivity index (χ2v) is 8.82. The van der Waals surface area contributed by atoms with Gasteiger partial charge >= 0.3 is 0 Å². The van der Waals surface area contributed by atoms with Crippen molar-refractivity contribution in [3.05, 3.63) is 22.8 Å². The number of aromatic hydroxyl groups is 1. The SMILES string of the molecule is CCc1cc(C(C)C)c(O)c2c1[C@]1(CCCC(C)(C)[C@@H]1C=O)C(=O)CO2. The molecule has 0 aromatic heterocycles. The zero-order valence-electron chi connectivity index (χ0n) is 16.5. The minimum Gasteiger partial charge on any atom is -0.504 e. The molecule has 1 aromatic carbocycles. The molecule has 4 nitrogen and oxygen atoms in total. The first-order chi connectivity index (χ1) is 12.2. The standard InChI is InChI=1S/C22H30O4/c1-6-14-10-15(13(2)3)19(25)20-18(14)22(17(24)12-26-20)9-7-8-21(4,5)16(22)11-23/h10-11,13,16,25H,6-9,12H2,1-5H3/t16-,22-/m0/s1. The molecule has 1 aliphatic carbocycles. The molecule has 1 spiro atoms. The third-order valence-electron chi connectivity index (χ3n) is 6.56. The molecule has 0 amide bonds. The van der Waals surface area contributed by atoms with Gasteiger partial charge in [-0.05, 0) is 36.2 Å². The molecule has 3 rings (SSSR count). The van der Waals surface area contributed by atoms with Crippen LogP contribution in [-0.4, -0.2) is 23.8 Å². The van der Waals surface area contributed by atoms with E-state index in [1.54, 1.807) is 0 Å². The lowest BCUT2D eigenvalue weighted by Crippen LogP contribution is -2.56. The number of rotatable bonds is 3. The first-order valence-corrected chi connectivity index (χ1v) is 9.71. The van der Waals surface area contributed by atoms with Gasteiger partial charge in [0.05, 0.1) is 5.41 Å². The average Bonchev–Trinajstić information content (AvgIpc) is 2.57. The summed E-state index contributed by atoms with van der Waals surface area (Å²) < 4.78 is 5.77. The first-order valence-electron chi connectivity index (χ1n) is 9.71. The fraction of sp³-hybridized carbons (Fsp3) is 0.636. The third kappa shape index (κ3) is 2.49. The molecule has 2 aliphatic rings. The number of aldehydes is 1. The summed E-state index contributed by atoms with van der Waals surface area (Å²) in [5.74, 6) is 0.270. The van der Waals surface area contributed by atoms with Crippen molar-refractivity contribution < 1.29 is 19.4 Å². The van der Waals surface area contributed by atoms with Crippen LogP contribution in [0.25, 0.3) is 0 Å². The smallest absolute Gasteiger partial charge is 0.181 e. The second kappa shape index (κ2) is 6.40. The van der Waals surface area contributed by atoms with Gasteiger partial charge in [0.1, 0.15) is 12.9 Å². The van der Waals surface area contributed by atoms with Crippen molar-refractivity contribution in [1.82, 2.24) is 0 Å². The van der Waals surface area contributed by atoms with Gasteiger partial charge in [0.25, 0.3) is 0 Å². The number of ether oxygens (including phenoxy) is 1.